The molecule has 1 unspecified atom stereocenters. The Morgan fingerprint density at radius 2 is 1.79 bits per heavy atom. The average Bonchev–Trinajstić information content (AvgIpc) is 3.24. The molecule has 0 bridgehead atoms. The summed E-state index contributed by atoms with van der Waals surface area (Å²) in [5.74, 6) is 0. The van der Waals surface area contributed by atoms with Crippen molar-refractivity contribution in [2.75, 3.05) is 0 Å². The van der Waals surface area contributed by atoms with Gasteiger partial charge in [0, 0.05) is 18.4 Å². The monoisotopic (exact) mass is 465 g/mol. The quantitative estimate of drug-likeness (QED) is 0.417. The van der Waals surface area contributed by atoms with Crippen LogP contribution in [0.15, 0.2) is 34.7 Å². The fourth-order valence-electron chi connectivity index (χ4n) is 3.73. The minimum absolute atomic E-state index is 0.0131. The first-order valence-corrected chi connectivity index (χ1v) is 10.5. The van der Waals surface area contributed by atoms with Gasteiger partial charge in [-0.3, -0.25) is 0 Å². The van der Waals surface area contributed by atoms with Crippen LogP contribution in [0.4, 0.5) is 13.2 Å². The minimum atomic E-state index is -4.56. The summed E-state index contributed by atoms with van der Waals surface area (Å²) in [6.07, 6.45) is -3.03. The molecule has 0 radical (unpaired) electrons. The Bertz CT molecular complexity index is 970. The molecule has 0 saturated carbocycles. The molecular weight excluding hydrogens is 452 g/mol. The molecule has 3 N–H and O–H groups in total. The smallest absolute Gasteiger partial charge is 0.351 e. The number of nitrogens with zero attached hydrogens (tertiary/aromatic N) is 1. The molecule has 4 rings (SSSR count). The lowest BCUT2D eigenvalue weighted by molar-refractivity contribution is -0.425. The van der Waals surface area contributed by atoms with Crippen LogP contribution >= 0.6 is 46.8 Å². The van der Waals surface area contributed by atoms with Crippen molar-refractivity contribution in [1.29, 1.82) is 0 Å². The lowest BCUT2D eigenvalue weighted by Gasteiger charge is -2.30. The van der Waals surface area contributed by atoms with Gasteiger partial charge in [-0.2, -0.15) is 13.2 Å². The Morgan fingerprint density at radius 1 is 1.11 bits per heavy atom. The molecule has 28 heavy (non-hydrogen) atoms. The first kappa shape index (κ1) is 20.4. The van der Waals surface area contributed by atoms with E-state index >= 15 is 0 Å². The summed E-state index contributed by atoms with van der Waals surface area (Å²) in [6, 6.07) is 8.41. The highest BCUT2D eigenvalue weighted by Gasteiger charge is 2.60. The maximum Gasteiger partial charge on any atom is 0.409 e. The predicted octanol–water partition coefficient (Wildman–Crippen LogP) is 6.17. The van der Waals surface area contributed by atoms with E-state index in [0.29, 0.717) is 23.2 Å². The molecule has 0 amide bonds. The number of rotatable bonds is 2. The summed E-state index contributed by atoms with van der Waals surface area (Å²) < 4.78 is 44.6. The van der Waals surface area contributed by atoms with Crippen LogP contribution in [0, 0.1) is 0 Å². The molecule has 9 heteroatoms. The van der Waals surface area contributed by atoms with Gasteiger partial charge in [0.1, 0.15) is 6.04 Å². The van der Waals surface area contributed by atoms with Crippen molar-refractivity contribution < 1.29 is 18.9 Å². The van der Waals surface area contributed by atoms with Crippen LogP contribution in [0.2, 0.25) is 15.1 Å². The molecule has 2 atom stereocenters. The van der Waals surface area contributed by atoms with Gasteiger partial charge in [-0.05, 0) is 53.3 Å². The maximum absolute atomic E-state index is 14.2. The van der Waals surface area contributed by atoms with Crippen molar-refractivity contribution in [3.8, 4) is 0 Å². The molecule has 148 valence electrons. The molecule has 2 nitrogen and oxygen atoms in total. The molecule has 2 aromatic rings. The first-order valence-electron chi connectivity index (χ1n) is 8.55. The highest BCUT2D eigenvalue weighted by Crippen LogP contribution is 2.57. The van der Waals surface area contributed by atoms with Gasteiger partial charge in [0.2, 0.25) is 0 Å². The molecule has 0 fully saturated rings. The third kappa shape index (κ3) is 3.23. The molecule has 1 heterocycles. The van der Waals surface area contributed by atoms with Crippen molar-refractivity contribution in [3.63, 3.8) is 0 Å². The zero-order valence-corrected chi connectivity index (χ0v) is 17.5. The summed E-state index contributed by atoms with van der Waals surface area (Å²) in [5.41, 5.74) is 7.45. The number of hydrogen-bond donors (Lipinski definition) is 1. The van der Waals surface area contributed by atoms with Crippen LogP contribution in [-0.2, 0) is 11.2 Å². The van der Waals surface area contributed by atoms with Crippen molar-refractivity contribution in [2.24, 2.45) is 4.40 Å². The topological polar surface area (TPSA) is 40.0 Å². The molecular formula is C19H15Cl3F3N2S+. The third-order valence-corrected chi connectivity index (χ3v) is 7.75. The minimum Gasteiger partial charge on any atom is -0.351 e. The molecule has 1 aliphatic heterocycles. The van der Waals surface area contributed by atoms with Crippen molar-refractivity contribution in [1.82, 2.24) is 0 Å². The summed E-state index contributed by atoms with van der Waals surface area (Å²) >= 11 is 18.4. The Morgan fingerprint density at radius 3 is 2.43 bits per heavy atom. The van der Waals surface area contributed by atoms with Crippen molar-refractivity contribution >= 4 is 52.5 Å². The fraction of sp³-hybridized carbons (Fsp3) is 0.316. The van der Waals surface area contributed by atoms with Gasteiger partial charge < -0.3 is 5.73 Å². The number of halogens is 6. The number of hydrogen-bond acceptors (Lipinski definition) is 2. The summed E-state index contributed by atoms with van der Waals surface area (Å²) in [6.45, 7) is 0. The standard InChI is InChI=1S/C19H14Cl3F3N2S/c20-13-6-11(7-14(21)17(13)22)18(19(23,24)25)8-16(27-28-18)10-1-3-12-9(5-10)2-4-15(12)26/h1,3,5-7,15H,2,4,8,26H2/p+1/t15?,18-/m0/s1. The van der Waals surface area contributed by atoms with E-state index in [0.717, 1.165) is 24.0 Å². The Kier molecular flexibility index (Phi) is 5.16. The molecule has 0 saturated heterocycles. The zero-order valence-electron chi connectivity index (χ0n) is 14.4. The molecule has 1 aliphatic carbocycles. The van der Waals surface area contributed by atoms with Gasteiger partial charge in [0.15, 0.2) is 4.75 Å². The Hall–Kier alpha value is -0.920. The van der Waals surface area contributed by atoms with Crippen LogP contribution in [0.1, 0.15) is 41.1 Å². The van der Waals surface area contributed by atoms with Gasteiger partial charge in [-0.1, -0.05) is 46.9 Å². The zero-order chi connectivity index (χ0) is 20.3. The average molecular weight is 467 g/mol. The molecule has 0 spiro atoms. The second-order valence-corrected chi connectivity index (χ2v) is 9.29. The highest BCUT2D eigenvalue weighted by molar-refractivity contribution is 7.99. The first-order chi connectivity index (χ1) is 13.1. The van der Waals surface area contributed by atoms with Crippen LogP contribution in [0.25, 0.3) is 0 Å². The van der Waals surface area contributed by atoms with Gasteiger partial charge in [0.05, 0.1) is 20.8 Å². The van der Waals surface area contributed by atoms with Gasteiger partial charge in [0.25, 0.3) is 0 Å². The Balaban J connectivity index is 1.73. The highest BCUT2D eigenvalue weighted by atomic mass is 35.5. The number of benzene rings is 2. The van der Waals surface area contributed by atoms with Crippen LogP contribution in [0.5, 0.6) is 0 Å². The largest absolute Gasteiger partial charge is 0.409 e. The second kappa shape index (κ2) is 7.10. The van der Waals surface area contributed by atoms with Gasteiger partial charge in [-0.25, -0.2) is 4.40 Å². The van der Waals surface area contributed by atoms with Crippen LogP contribution < -0.4 is 5.73 Å². The van der Waals surface area contributed by atoms with E-state index in [-0.39, 0.29) is 33.1 Å². The van der Waals surface area contributed by atoms with E-state index in [9.17, 15) is 13.2 Å². The van der Waals surface area contributed by atoms with E-state index < -0.39 is 10.9 Å². The van der Waals surface area contributed by atoms with E-state index in [2.05, 4.69) is 10.1 Å². The van der Waals surface area contributed by atoms with Gasteiger partial charge >= 0.3 is 6.18 Å². The van der Waals surface area contributed by atoms with Crippen molar-refractivity contribution in [2.45, 2.75) is 36.2 Å². The summed E-state index contributed by atoms with van der Waals surface area (Å²) in [5, 5.41) is 0.0108. The molecule has 2 aromatic carbocycles. The number of fused-ring (bicyclic) bond motifs is 1. The SMILES string of the molecule is [NH3+]C1CCc2cc(C3=NS[C@@](c4cc(Cl)c(Cl)c(Cl)c4)(C(F)(F)F)C3)ccc21. The predicted molar refractivity (Wildman–Crippen MR) is 108 cm³/mol. The van der Waals surface area contributed by atoms with E-state index in [4.69, 9.17) is 34.8 Å². The third-order valence-electron chi connectivity index (χ3n) is 5.31. The number of aryl methyl sites for hydroxylation is 1. The normalized spacial score (nSPS) is 24.4. The number of alkyl halides is 3. The lowest BCUT2D eigenvalue weighted by atomic mass is 9.89. The van der Waals surface area contributed by atoms with Crippen LogP contribution in [-0.4, -0.2) is 11.9 Å². The van der Waals surface area contributed by atoms with Crippen molar-refractivity contribution in [3.05, 3.63) is 67.7 Å². The van der Waals surface area contributed by atoms with Gasteiger partial charge in [-0.15, -0.1) is 0 Å². The van der Waals surface area contributed by atoms with E-state index in [1.807, 2.05) is 18.2 Å². The Labute approximate surface area is 179 Å². The number of quaternary nitrogens is 1. The molecule has 0 aromatic heterocycles. The fourth-order valence-corrected chi connectivity index (χ4v) is 5.29. The summed E-state index contributed by atoms with van der Waals surface area (Å²) in [7, 11) is 0. The van der Waals surface area contributed by atoms with E-state index in [1.165, 1.54) is 12.1 Å². The maximum atomic E-state index is 14.2. The second-order valence-electron chi connectivity index (χ2n) is 7.03. The molecule has 2 aliphatic rings. The van der Waals surface area contributed by atoms with Crippen LogP contribution in [0.3, 0.4) is 0 Å². The summed E-state index contributed by atoms with van der Waals surface area (Å²) in [4.78, 5) is 0. The van der Waals surface area contributed by atoms with E-state index in [1.54, 1.807) is 0 Å². The lowest BCUT2D eigenvalue weighted by Crippen LogP contribution is -2.52.